The highest BCUT2D eigenvalue weighted by atomic mass is 33.1. The fraction of sp³-hybridized carbons (Fsp3) is 0.615. The summed E-state index contributed by atoms with van der Waals surface area (Å²) in [5, 5.41) is 0. The molecule has 3 saturated heterocycles. The highest BCUT2D eigenvalue weighted by molar-refractivity contribution is 8.83. The van der Waals surface area contributed by atoms with Gasteiger partial charge < -0.3 is 19.3 Å². The Morgan fingerprint density at radius 2 is 1.14 bits per heavy atom. The molecule has 0 radical (unpaired) electrons. The molecular formula is C26H32F2N6O6S3. The summed E-state index contributed by atoms with van der Waals surface area (Å²) < 4.78 is 40.1. The maximum atomic E-state index is 14.2. The molecule has 0 bridgehead atoms. The summed E-state index contributed by atoms with van der Waals surface area (Å²) in [6.07, 6.45) is 4.95. The van der Waals surface area contributed by atoms with Crippen molar-refractivity contribution in [2.75, 3.05) is 39.4 Å². The molecule has 5 heterocycles. The van der Waals surface area contributed by atoms with Crippen LogP contribution in [0.25, 0.3) is 0 Å². The number of likely N-dealkylation sites (tertiary alicyclic amines) is 2. The Morgan fingerprint density at radius 1 is 0.767 bits per heavy atom. The topological polar surface area (TPSA) is 129 Å². The van der Waals surface area contributed by atoms with Gasteiger partial charge in [-0.1, -0.05) is 21.6 Å². The van der Waals surface area contributed by atoms with Crippen molar-refractivity contribution in [3.8, 4) is 11.8 Å². The molecule has 3 fully saturated rings. The van der Waals surface area contributed by atoms with Crippen molar-refractivity contribution in [1.82, 2.24) is 28.9 Å². The zero-order chi connectivity index (χ0) is 30.8. The molecule has 17 heteroatoms. The first-order valence-corrected chi connectivity index (χ1v) is 16.9. The second-order valence-corrected chi connectivity index (χ2v) is 15.5. The van der Waals surface area contributed by atoms with E-state index in [1.54, 1.807) is 23.6 Å². The van der Waals surface area contributed by atoms with Crippen LogP contribution in [0, 0.1) is 11.6 Å². The first kappa shape index (κ1) is 31.6. The van der Waals surface area contributed by atoms with Gasteiger partial charge in [0, 0.05) is 26.2 Å². The van der Waals surface area contributed by atoms with E-state index in [4.69, 9.17) is 9.47 Å². The Bertz CT molecular complexity index is 1380. The van der Waals surface area contributed by atoms with E-state index in [2.05, 4.69) is 9.97 Å². The summed E-state index contributed by atoms with van der Waals surface area (Å²) in [6.45, 7) is 5.13. The average molecular weight is 659 g/mol. The van der Waals surface area contributed by atoms with Gasteiger partial charge in [-0.3, -0.25) is 18.7 Å². The highest BCUT2D eigenvalue weighted by Crippen LogP contribution is 2.70. The molecule has 3 aliphatic rings. The standard InChI is InChI=1S/C26H32F2N6O6S3/c1-3-39-21-17(27)13-33(23(37)29-21)15-19(35)31-9-5-25(6-10-31)41-26(43-42-25)7-11-32(12-8-26)20(36)16-34-14-18(28)22(40-4-2)30-24(34)38/h13-14H,3-12,15-16H2,1-2H3. The zero-order valence-corrected chi connectivity index (χ0v) is 26.2. The van der Waals surface area contributed by atoms with Gasteiger partial charge in [-0.05, 0) is 39.5 Å². The number of rotatable bonds is 8. The summed E-state index contributed by atoms with van der Waals surface area (Å²) in [5.74, 6) is -2.88. The smallest absolute Gasteiger partial charge is 0.351 e. The fourth-order valence-electron chi connectivity index (χ4n) is 5.19. The number of ether oxygens (including phenoxy) is 2. The Kier molecular flexibility index (Phi) is 9.61. The van der Waals surface area contributed by atoms with Crippen LogP contribution in [0.5, 0.6) is 11.8 Å². The molecule has 0 aliphatic carbocycles. The number of hydrogen-bond acceptors (Lipinski definition) is 11. The van der Waals surface area contributed by atoms with Crippen LogP contribution >= 0.6 is 33.3 Å². The molecule has 2 spiro atoms. The van der Waals surface area contributed by atoms with E-state index in [1.165, 1.54) is 0 Å². The van der Waals surface area contributed by atoms with Crippen molar-refractivity contribution in [3.05, 3.63) is 45.0 Å². The molecular weight excluding hydrogens is 627 g/mol. The lowest BCUT2D eigenvalue weighted by molar-refractivity contribution is -0.133. The third-order valence-corrected chi connectivity index (χ3v) is 14.3. The number of nitrogens with zero attached hydrogens (tertiary/aromatic N) is 6. The largest absolute Gasteiger partial charge is 0.476 e. The Balaban J connectivity index is 1.12. The summed E-state index contributed by atoms with van der Waals surface area (Å²) in [6, 6.07) is 0. The maximum Gasteiger partial charge on any atom is 0.351 e. The van der Waals surface area contributed by atoms with Gasteiger partial charge in [-0.15, -0.1) is 11.8 Å². The highest BCUT2D eigenvalue weighted by Gasteiger charge is 2.53. The quantitative estimate of drug-likeness (QED) is 0.388. The van der Waals surface area contributed by atoms with E-state index >= 15 is 0 Å². The monoisotopic (exact) mass is 658 g/mol. The number of carbonyl (C=O) groups is 2. The van der Waals surface area contributed by atoms with Gasteiger partial charge in [0.25, 0.3) is 11.8 Å². The molecule has 5 rings (SSSR count). The normalized spacial score (nSPS) is 19.2. The zero-order valence-electron chi connectivity index (χ0n) is 23.8. The Morgan fingerprint density at radius 3 is 1.49 bits per heavy atom. The van der Waals surface area contributed by atoms with Crippen molar-refractivity contribution in [2.45, 2.75) is 60.8 Å². The fourth-order valence-corrected chi connectivity index (χ4v) is 12.2. The number of hydrogen-bond donors (Lipinski definition) is 0. The van der Waals surface area contributed by atoms with E-state index in [1.807, 2.05) is 33.3 Å². The second kappa shape index (κ2) is 13.1. The van der Waals surface area contributed by atoms with Crippen LogP contribution in [0.4, 0.5) is 8.78 Å². The third kappa shape index (κ3) is 6.98. The molecule has 0 aromatic carbocycles. The Labute approximate surface area is 258 Å². The molecule has 0 unspecified atom stereocenters. The maximum absolute atomic E-state index is 14.2. The number of halogens is 2. The van der Waals surface area contributed by atoms with Crippen LogP contribution in [-0.4, -0.2) is 88.3 Å². The van der Waals surface area contributed by atoms with Crippen molar-refractivity contribution in [2.24, 2.45) is 0 Å². The van der Waals surface area contributed by atoms with E-state index in [0.29, 0.717) is 26.2 Å². The SMILES string of the molecule is CCOc1nc(=O)n(CC(=O)N2CCC3(CC2)SSC2(CCN(C(=O)Cn4cc(F)c(OCC)nc4=O)CC2)S3)cc1F. The average Bonchev–Trinajstić information content (AvgIpc) is 3.31. The molecule has 43 heavy (non-hydrogen) atoms. The van der Waals surface area contributed by atoms with Crippen molar-refractivity contribution >= 4 is 45.2 Å². The van der Waals surface area contributed by atoms with E-state index in [9.17, 15) is 28.0 Å². The summed E-state index contributed by atoms with van der Waals surface area (Å²) >= 11 is 1.91. The van der Waals surface area contributed by atoms with Crippen LogP contribution in [0.3, 0.4) is 0 Å². The van der Waals surface area contributed by atoms with Crippen molar-refractivity contribution < 1.29 is 27.8 Å². The van der Waals surface area contributed by atoms with Gasteiger partial charge in [0.05, 0.1) is 33.8 Å². The first-order valence-electron chi connectivity index (χ1n) is 14.0. The molecule has 2 aromatic rings. The lowest BCUT2D eigenvalue weighted by Crippen LogP contribution is -2.47. The van der Waals surface area contributed by atoms with E-state index < -0.39 is 23.0 Å². The lowest BCUT2D eigenvalue weighted by Gasteiger charge is -2.41. The number of amides is 2. The van der Waals surface area contributed by atoms with Crippen molar-refractivity contribution in [1.29, 1.82) is 0 Å². The summed E-state index contributed by atoms with van der Waals surface area (Å²) in [7, 11) is 3.65. The Hall–Kier alpha value is -2.79. The third-order valence-electron chi connectivity index (χ3n) is 7.48. The van der Waals surface area contributed by atoms with Crippen LogP contribution in [0.1, 0.15) is 39.5 Å². The van der Waals surface area contributed by atoms with E-state index in [0.717, 1.165) is 47.2 Å². The molecule has 2 aromatic heterocycles. The number of piperidine rings is 2. The van der Waals surface area contributed by atoms with Gasteiger partial charge >= 0.3 is 11.4 Å². The minimum atomic E-state index is -0.795. The van der Waals surface area contributed by atoms with Crippen LogP contribution in [0.15, 0.2) is 22.0 Å². The number of aromatic nitrogens is 4. The van der Waals surface area contributed by atoms with Crippen molar-refractivity contribution in [3.63, 3.8) is 0 Å². The lowest BCUT2D eigenvalue weighted by atomic mass is 10.1. The van der Waals surface area contributed by atoms with Crippen LogP contribution in [-0.2, 0) is 22.7 Å². The summed E-state index contributed by atoms with van der Waals surface area (Å²) in [4.78, 5) is 60.9. The van der Waals surface area contributed by atoms with Crippen LogP contribution < -0.4 is 20.9 Å². The minimum absolute atomic E-state index is 0.0733. The van der Waals surface area contributed by atoms with E-state index in [-0.39, 0.29) is 58.0 Å². The molecule has 2 amide bonds. The molecule has 3 aliphatic heterocycles. The molecule has 0 saturated carbocycles. The number of thioether (sulfide) groups is 1. The predicted octanol–water partition coefficient (Wildman–Crippen LogP) is 2.34. The molecule has 0 N–H and O–H groups in total. The van der Waals surface area contributed by atoms with Crippen LogP contribution in [0.2, 0.25) is 0 Å². The van der Waals surface area contributed by atoms with Gasteiger partial charge in [0.15, 0.2) is 0 Å². The second-order valence-electron chi connectivity index (χ2n) is 10.3. The predicted molar refractivity (Wildman–Crippen MR) is 159 cm³/mol. The van der Waals surface area contributed by atoms with Gasteiger partial charge in [-0.2, -0.15) is 18.7 Å². The molecule has 234 valence electrons. The molecule has 0 atom stereocenters. The summed E-state index contributed by atoms with van der Waals surface area (Å²) in [5.41, 5.74) is -1.49. The van der Waals surface area contributed by atoms with Gasteiger partial charge in [0.2, 0.25) is 23.4 Å². The number of carbonyl (C=O) groups excluding carboxylic acids is 2. The molecule has 12 nitrogen and oxygen atoms in total. The van der Waals surface area contributed by atoms with Gasteiger partial charge in [-0.25, -0.2) is 9.59 Å². The first-order chi connectivity index (χ1) is 20.6. The minimum Gasteiger partial charge on any atom is -0.476 e. The van der Waals surface area contributed by atoms with Gasteiger partial charge in [0.1, 0.15) is 13.1 Å².